The van der Waals surface area contributed by atoms with Crippen molar-refractivity contribution in [1.82, 2.24) is 0 Å². The third-order valence-corrected chi connectivity index (χ3v) is 4.22. The second-order valence-electron chi connectivity index (χ2n) is 6.82. The number of hydrogen-bond donors (Lipinski definition) is 1. The van der Waals surface area contributed by atoms with E-state index in [4.69, 9.17) is 9.47 Å². The maximum absolute atomic E-state index is 6.21. The minimum absolute atomic E-state index is 0.0531. The fourth-order valence-electron chi connectivity index (χ4n) is 2.70. The number of ether oxygens (including phenoxy) is 2. The van der Waals surface area contributed by atoms with E-state index in [0.29, 0.717) is 12.5 Å². The summed E-state index contributed by atoms with van der Waals surface area (Å²) in [7, 11) is 0. The van der Waals surface area contributed by atoms with E-state index in [9.17, 15) is 0 Å². The van der Waals surface area contributed by atoms with Crippen LogP contribution in [0.2, 0.25) is 0 Å². The fourth-order valence-corrected chi connectivity index (χ4v) is 2.70. The Kier molecular flexibility index (Phi) is 7.17. The third kappa shape index (κ3) is 5.70. The van der Waals surface area contributed by atoms with Crippen LogP contribution in [0, 0.1) is 0 Å². The molecule has 0 saturated heterocycles. The van der Waals surface area contributed by atoms with Crippen LogP contribution in [-0.4, -0.2) is 18.8 Å². The summed E-state index contributed by atoms with van der Waals surface area (Å²) < 4.78 is 12.1. The van der Waals surface area contributed by atoms with E-state index < -0.39 is 0 Å². The molecule has 0 bridgehead atoms. The van der Waals surface area contributed by atoms with E-state index in [1.54, 1.807) is 0 Å². The van der Waals surface area contributed by atoms with Crippen molar-refractivity contribution in [3.63, 3.8) is 0 Å². The Bertz CT molecular complexity index is 654. The SMILES string of the molecule is CC[C@H](C)c1ccccc1O[C@H](C)CNc1ccccc1OC(C)C. The van der Waals surface area contributed by atoms with E-state index in [-0.39, 0.29) is 12.2 Å². The first-order chi connectivity index (χ1) is 12.0. The quantitative estimate of drug-likeness (QED) is 0.619. The van der Waals surface area contributed by atoms with Gasteiger partial charge in [0.2, 0.25) is 0 Å². The average molecular weight is 341 g/mol. The summed E-state index contributed by atoms with van der Waals surface area (Å²) in [5.41, 5.74) is 2.28. The summed E-state index contributed by atoms with van der Waals surface area (Å²) in [4.78, 5) is 0. The molecule has 0 amide bonds. The standard InChI is InChI=1S/C22H31NO2/c1-6-17(4)19-11-7-9-13-21(19)25-18(5)15-23-20-12-8-10-14-22(20)24-16(2)3/h7-14,16-18,23H,6,15H2,1-5H3/t17-,18+/m0/s1. The highest BCUT2D eigenvalue weighted by Crippen LogP contribution is 2.29. The summed E-state index contributed by atoms with van der Waals surface area (Å²) in [5, 5.41) is 3.45. The van der Waals surface area contributed by atoms with Crippen LogP contribution < -0.4 is 14.8 Å². The van der Waals surface area contributed by atoms with Crippen molar-refractivity contribution in [2.24, 2.45) is 0 Å². The lowest BCUT2D eigenvalue weighted by Crippen LogP contribution is -2.23. The van der Waals surface area contributed by atoms with Gasteiger partial charge in [-0.3, -0.25) is 0 Å². The molecule has 3 heteroatoms. The van der Waals surface area contributed by atoms with Crippen LogP contribution in [0.1, 0.15) is 52.5 Å². The molecule has 3 nitrogen and oxygen atoms in total. The van der Waals surface area contributed by atoms with Gasteiger partial charge in [-0.05, 0) is 56.9 Å². The van der Waals surface area contributed by atoms with Crippen LogP contribution >= 0.6 is 0 Å². The predicted molar refractivity (Wildman–Crippen MR) is 106 cm³/mol. The first-order valence-corrected chi connectivity index (χ1v) is 9.26. The lowest BCUT2D eigenvalue weighted by Gasteiger charge is -2.21. The molecule has 0 aliphatic carbocycles. The van der Waals surface area contributed by atoms with Gasteiger partial charge in [0, 0.05) is 0 Å². The summed E-state index contributed by atoms with van der Waals surface area (Å²) in [6, 6.07) is 16.4. The summed E-state index contributed by atoms with van der Waals surface area (Å²) in [5.74, 6) is 2.36. The molecule has 0 fully saturated rings. The molecule has 0 aliphatic heterocycles. The van der Waals surface area contributed by atoms with Crippen molar-refractivity contribution in [3.8, 4) is 11.5 Å². The third-order valence-electron chi connectivity index (χ3n) is 4.22. The Labute approximate surface area is 152 Å². The number of hydrogen-bond acceptors (Lipinski definition) is 3. The minimum Gasteiger partial charge on any atom is -0.489 e. The van der Waals surface area contributed by atoms with Gasteiger partial charge in [0.05, 0.1) is 18.3 Å². The Balaban J connectivity index is 1.99. The molecule has 0 unspecified atom stereocenters. The Morgan fingerprint density at radius 1 is 0.840 bits per heavy atom. The van der Waals surface area contributed by atoms with E-state index in [2.05, 4.69) is 44.3 Å². The monoisotopic (exact) mass is 341 g/mol. The average Bonchev–Trinajstić information content (AvgIpc) is 2.60. The Hall–Kier alpha value is -2.16. The van der Waals surface area contributed by atoms with Gasteiger partial charge in [-0.25, -0.2) is 0 Å². The molecular weight excluding hydrogens is 310 g/mol. The molecule has 0 heterocycles. The molecule has 2 aromatic carbocycles. The predicted octanol–water partition coefficient (Wildman–Crippen LogP) is 5.87. The van der Waals surface area contributed by atoms with Gasteiger partial charge >= 0.3 is 0 Å². The first kappa shape index (κ1) is 19.2. The molecular formula is C22H31NO2. The minimum atomic E-state index is 0.0531. The smallest absolute Gasteiger partial charge is 0.142 e. The summed E-state index contributed by atoms with van der Waals surface area (Å²) in [6.07, 6.45) is 1.31. The fraction of sp³-hybridized carbons (Fsp3) is 0.455. The lowest BCUT2D eigenvalue weighted by molar-refractivity contribution is 0.229. The molecule has 0 aromatic heterocycles. The van der Waals surface area contributed by atoms with Crippen molar-refractivity contribution < 1.29 is 9.47 Å². The molecule has 0 spiro atoms. The van der Waals surface area contributed by atoms with Gasteiger partial charge in [-0.1, -0.05) is 44.2 Å². The summed E-state index contributed by atoms with van der Waals surface area (Å²) >= 11 is 0. The van der Waals surface area contributed by atoms with Gasteiger partial charge in [-0.15, -0.1) is 0 Å². The van der Waals surface area contributed by atoms with E-state index in [1.165, 1.54) is 5.56 Å². The van der Waals surface area contributed by atoms with Gasteiger partial charge in [0.1, 0.15) is 17.6 Å². The number of rotatable bonds is 9. The highest BCUT2D eigenvalue weighted by atomic mass is 16.5. The Morgan fingerprint density at radius 2 is 1.48 bits per heavy atom. The second kappa shape index (κ2) is 9.36. The molecule has 1 N–H and O–H groups in total. The van der Waals surface area contributed by atoms with Gasteiger partial charge in [-0.2, -0.15) is 0 Å². The largest absolute Gasteiger partial charge is 0.489 e. The highest BCUT2D eigenvalue weighted by molar-refractivity contribution is 5.56. The van der Waals surface area contributed by atoms with Gasteiger partial charge in [0.25, 0.3) is 0 Å². The first-order valence-electron chi connectivity index (χ1n) is 9.26. The van der Waals surface area contributed by atoms with Crippen LogP contribution in [0.5, 0.6) is 11.5 Å². The second-order valence-corrected chi connectivity index (χ2v) is 6.82. The lowest BCUT2D eigenvalue weighted by atomic mass is 9.98. The number of anilines is 1. The van der Waals surface area contributed by atoms with E-state index >= 15 is 0 Å². The van der Waals surface area contributed by atoms with Gasteiger partial charge in [0.15, 0.2) is 0 Å². The van der Waals surface area contributed by atoms with E-state index in [0.717, 1.165) is 23.6 Å². The van der Waals surface area contributed by atoms with Crippen LogP contribution in [0.3, 0.4) is 0 Å². The van der Waals surface area contributed by atoms with Crippen LogP contribution in [0.25, 0.3) is 0 Å². The zero-order chi connectivity index (χ0) is 18.2. The zero-order valence-electron chi connectivity index (χ0n) is 16.1. The molecule has 2 atom stereocenters. The van der Waals surface area contributed by atoms with Crippen LogP contribution in [-0.2, 0) is 0 Å². The molecule has 0 aliphatic rings. The highest BCUT2D eigenvalue weighted by Gasteiger charge is 2.13. The maximum atomic E-state index is 6.21. The van der Waals surface area contributed by atoms with Crippen molar-refractivity contribution in [2.75, 3.05) is 11.9 Å². The molecule has 136 valence electrons. The molecule has 0 radical (unpaired) electrons. The van der Waals surface area contributed by atoms with Crippen LogP contribution in [0.4, 0.5) is 5.69 Å². The van der Waals surface area contributed by atoms with Crippen LogP contribution in [0.15, 0.2) is 48.5 Å². The molecule has 25 heavy (non-hydrogen) atoms. The van der Waals surface area contributed by atoms with Crippen molar-refractivity contribution in [1.29, 1.82) is 0 Å². The normalized spacial score (nSPS) is 13.4. The maximum Gasteiger partial charge on any atom is 0.142 e. The molecule has 2 aromatic rings. The van der Waals surface area contributed by atoms with Crippen molar-refractivity contribution in [2.45, 2.75) is 59.2 Å². The summed E-state index contributed by atoms with van der Waals surface area (Å²) in [6.45, 7) is 11.3. The van der Waals surface area contributed by atoms with E-state index in [1.807, 2.05) is 44.2 Å². The van der Waals surface area contributed by atoms with Gasteiger partial charge < -0.3 is 14.8 Å². The number of benzene rings is 2. The molecule has 2 rings (SSSR count). The topological polar surface area (TPSA) is 30.5 Å². The van der Waals surface area contributed by atoms with Crippen molar-refractivity contribution >= 4 is 5.69 Å². The number of nitrogens with one attached hydrogen (secondary N) is 1. The Morgan fingerprint density at radius 3 is 2.16 bits per heavy atom. The molecule has 0 saturated carbocycles. The number of para-hydroxylation sites is 3. The zero-order valence-corrected chi connectivity index (χ0v) is 16.1. The van der Waals surface area contributed by atoms with Crippen molar-refractivity contribution in [3.05, 3.63) is 54.1 Å².